The molecule has 4 rings (SSSR count). The second-order valence-corrected chi connectivity index (χ2v) is 6.17. The third-order valence-electron chi connectivity index (χ3n) is 4.05. The third kappa shape index (κ3) is 3.75. The number of nitrogens with zero attached hydrogens (tertiary/aromatic N) is 8. The van der Waals surface area contributed by atoms with Crippen LogP contribution in [-0.4, -0.2) is 53.0 Å². The molecule has 1 aromatic carbocycles. The lowest BCUT2D eigenvalue weighted by atomic mass is 10.1. The van der Waals surface area contributed by atoms with Crippen molar-refractivity contribution in [1.82, 2.24) is 45.3 Å². The molecule has 1 amide bonds. The standard InChI is InChI=1S/C17H14ClN9O2/c1-29-15-6-14(26-10-22-24-25-26)13(18)5-12(15)17(28)21-7-11-3-2-4-20-16(11)27-9-19-8-23-27/h2-6,8-10H,7H2,1H3,(H,21,28). The second kappa shape index (κ2) is 8.02. The number of amides is 1. The Morgan fingerprint density at radius 1 is 1.28 bits per heavy atom. The summed E-state index contributed by atoms with van der Waals surface area (Å²) >= 11 is 6.32. The number of rotatable bonds is 6. The first kappa shape index (κ1) is 18.5. The normalized spacial score (nSPS) is 10.7. The number of aromatic nitrogens is 8. The molecule has 11 nitrogen and oxygen atoms in total. The van der Waals surface area contributed by atoms with Gasteiger partial charge in [0.2, 0.25) is 0 Å². The number of pyridine rings is 1. The molecule has 4 aromatic rings. The fourth-order valence-electron chi connectivity index (χ4n) is 2.70. The minimum Gasteiger partial charge on any atom is -0.496 e. The predicted molar refractivity (Wildman–Crippen MR) is 101 cm³/mol. The Bertz CT molecular complexity index is 1130. The van der Waals surface area contributed by atoms with Crippen LogP contribution < -0.4 is 10.1 Å². The lowest BCUT2D eigenvalue weighted by molar-refractivity contribution is 0.0948. The molecular formula is C17H14ClN9O2. The van der Waals surface area contributed by atoms with E-state index < -0.39 is 0 Å². The zero-order valence-electron chi connectivity index (χ0n) is 15.1. The van der Waals surface area contributed by atoms with Crippen molar-refractivity contribution in [2.75, 3.05) is 7.11 Å². The molecule has 0 fully saturated rings. The molecule has 146 valence electrons. The van der Waals surface area contributed by atoms with Gasteiger partial charge in [-0.1, -0.05) is 17.7 Å². The van der Waals surface area contributed by atoms with Crippen LogP contribution in [0.5, 0.6) is 5.75 Å². The quantitative estimate of drug-likeness (QED) is 0.502. The molecule has 12 heteroatoms. The first-order chi connectivity index (χ1) is 14.2. The Kier molecular flexibility index (Phi) is 5.12. The average molecular weight is 412 g/mol. The number of hydrogen-bond donors (Lipinski definition) is 1. The van der Waals surface area contributed by atoms with Crippen molar-refractivity contribution < 1.29 is 9.53 Å². The number of carbonyl (C=O) groups excluding carboxylic acids is 1. The number of ether oxygens (including phenoxy) is 1. The van der Waals surface area contributed by atoms with Gasteiger partial charge in [0, 0.05) is 24.4 Å². The smallest absolute Gasteiger partial charge is 0.255 e. The maximum Gasteiger partial charge on any atom is 0.255 e. The van der Waals surface area contributed by atoms with Gasteiger partial charge in [-0.05, 0) is 22.6 Å². The highest BCUT2D eigenvalue weighted by molar-refractivity contribution is 6.33. The number of benzene rings is 1. The van der Waals surface area contributed by atoms with Crippen LogP contribution in [0.25, 0.3) is 11.5 Å². The van der Waals surface area contributed by atoms with Crippen molar-refractivity contribution in [3.05, 3.63) is 65.6 Å². The largest absolute Gasteiger partial charge is 0.496 e. The Hall–Kier alpha value is -3.86. The van der Waals surface area contributed by atoms with Crippen molar-refractivity contribution in [2.24, 2.45) is 0 Å². The molecule has 0 aliphatic rings. The fourth-order valence-corrected chi connectivity index (χ4v) is 2.95. The molecule has 0 atom stereocenters. The van der Waals surface area contributed by atoms with Crippen LogP contribution >= 0.6 is 11.6 Å². The minimum atomic E-state index is -0.361. The van der Waals surface area contributed by atoms with E-state index in [9.17, 15) is 4.79 Å². The highest BCUT2D eigenvalue weighted by Crippen LogP contribution is 2.29. The van der Waals surface area contributed by atoms with Crippen LogP contribution in [0.4, 0.5) is 0 Å². The van der Waals surface area contributed by atoms with Crippen molar-refractivity contribution in [2.45, 2.75) is 6.54 Å². The molecule has 0 aliphatic carbocycles. The molecule has 3 aromatic heterocycles. The van der Waals surface area contributed by atoms with E-state index in [4.69, 9.17) is 16.3 Å². The highest BCUT2D eigenvalue weighted by Gasteiger charge is 2.18. The maximum atomic E-state index is 12.8. The van der Waals surface area contributed by atoms with Gasteiger partial charge in [-0.2, -0.15) is 9.78 Å². The van der Waals surface area contributed by atoms with E-state index in [-0.39, 0.29) is 18.0 Å². The molecule has 0 radical (unpaired) electrons. The maximum absolute atomic E-state index is 12.8. The van der Waals surface area contributed by atoms with E-state index >= 15 is 0 Å². The van der Waals surface area contributed by atoms with Crippen molar-refractivity contribution in [3.63, 3.8) is 0 Å². The Labute approximate surface area is 169 Å². The predicted octanol–water partition coefficient (Wildman–Crippen LogP) is 1.23. The summed E-state index contributed by atoms with van der Waals surface area (Å²) in [7, 11) is 1.47. The van der Waals surface area contributed by atoms with E-state index in [0.29, 0.717) is 22.3 Å². The van der Waals surface area contributed by atoms with E-state index in [1.165, 1.54) is 41.5 Å². The monoisotopic (exact) mass is 411 g/mol. The number of tetrazole rings is 1. The summed E-state index contributed by atoms with van der Waals surface area (Å²) in [6, 6.07) is 6.72. The van der Waals surface area contributed by atoms with Crippen molar-refractivity contribution >= 4 is 17.5 Å². The molecule has 3 heterocycles. The van der Waals surface area contributed by atoms with Gasteiger partial charge in [-0.25, -0.2) is 14.6 Å². The first-order valence-corrected chi connectivity index (χ1v) is 8.73. The van der Waals surface area contributed by atoms with Crippen LogP contribution in [0.1, 0.15) is 15.9 Å². The summed E-state index contributed by atoms with van der Waals surface area (Å²) in [5.74, 6) is 0.546. The topological polar surface area (TPSA) is 126 Å². The minimum absolute atomic E-state index is 0.220. The third-order valence-corrected chi connectivity index (χ3v) is 4.35. The summed E-state index contributed by atoms with van der Waals surface area (Å²) in [6.45, 7) is 0.220. The SMILES string of the molecule is COc1cc(-n2cnnn2)c(Cl)cc1C(=O)NCc1cccnc1-n1cncn1. The van der Waals surface area contributed by atoms with E-state index in [1.807, 2.05) is 6.07 Å². The van der Waals surface area contributed by atoms with Gasteiger partial charge < -0.3 is 10.1 Å². The number of hydrogen-bond acceptors (Lipinski definition) is 8. The second-order valence-electron chi connectivity index (χ2n) is 5.77. The first-order valence-electron chi connectivity index (χ1n) is 8.35. The molecule has 29 heavy (non-hydrogen) atoms. The van der Waals surface area contributed by atoms with Crippen molar-refractivity contribution in [3.8, 4) is 17.3 Å². The van der Waals surface area contributed by atoms with Gasteiger partial charge in [-0.15, -0.1) is 5.10 Å². The summed E-state index contributed by atoms with van der Waals surface area (Å²) in [5, 5.41) is 18.2. The molecule has 0 saturated carbocycles. The number of nitrogens with one attached hydrogen (secondary N) is 1. The van der Waals surface area contributed by atoms with Crippen molar-refractivity contribution in [1.29, 1.82) is 0 Å². The molecule has 1 N–H and O–H groups in total. The molecule has 0 aliphatic heterocycles. The summed E-state index contributed by atoms with van der Waals surface area (Å²) < 4.78 is 8.27. The summed E-state index contributed by atoms with van der Waals surface area (Å²) in [5.41, 5.74) is 1.54. The zero-order valence-corrected chi connectivity index (χ0v) is 15.9. The Morgan fingerprint density at radius 3 is 2.90 bits per heavy atom. The van der Waals surface area contributed by atoms with Gasteiger partial charge in [0.05, 0.1) is 23.4 Å². The van der Waals surface area contributed by atoms with Gasteiger partial charge in [0.15, 0.2) is 5.82 Å². The Morgan fingerprint density at radius 2 is 2.17 bits per heavy atom. The summed E-state index contributed by atoms with van der Waals surface area (Å²) in [4.78, 5) is 21.0. The van der Waals surface area contributed by atoms with Crippen LogP contribution in [0.2, 0.25) is 5.02 Å². The van der Waals surface area contributed by atoms with Gasteiger partial charge in [-0.3, -0.25) is 4.79 Å². The molecule has 0 bridgehead atoms. The Balaban J connectivity index is 1.58. The lowest BCUT2D eigenvalue weighted by Crippen LogP contribution is -2.24. The molecule has 0 spiro atoms. The van der Waals surface area contributed by atoms with Gasteiger partial charge >= 0.3 is 0 Å². The van der Waals surface area contributed by atoms with E-state index in [0.717, 1.165) is 5.56 Å². The van der Waals surface area contributed by atoms with E-state index in [1.54, 1.807) is 18.3 Å². The van der Waals surface area contributed by atoms with E-state index in [2.05, 4.69) is 35.9 Å². The average Bonchev–Trinajstić information content (AvgIpc) is 3.46. The number of methoxy groups -OCH3 is 1. The zero-order chi connectivity index (χ0) is 20.2. The fraction of sp³-hybridized carbons (Fsp3) is 0.118. The van der Waals surface area contributed by atoms with Gasteiger partial charge in [0.25, 0.3) is 5.91 Å². The summed E-state index contributed by atoms with van der Waals surface area (Å²) in [6.07, 6.45) is 5.99. The molecule has 0 saturated heterocycles. The highest BCUT2D eigenvalue weighted by atomic mass is 35.5. The number of halogens is 1. The van der Waals surface area contributed by atoms with Gasteiger partial charge in [0.1, 0.15) is 24.7 Å². The molecular weight excluding hydrogens is 398 g/mol. The van der Waals surface area contributed by atoms with Crippen LogP contribution in [-0.2, 0) is 6.54 Å². The van der Waals surface area contributed by atoms with Crippen LogP contribution in [0.15, 0.2) is 49.4 Å². The lowest BCUT2D eigenvalue weighted by Gasteiger charge is -2.13. The van der Waals surface area contributed by atoms with Crippen LogP contribution in [0, 0.1) is 0 Å². The number of carbonyl (C=O) groups is 1. The molecule has 0 unspecified atom stereocenters. The van der Waals surface area contributed by atoms with Crippen LogP contribution in [0.3, 0.4) is 0 Å².